The number of phenolic OH excluding ortho intramolecular Hbond substituents is 1. The first kappa shape index (κ1) is 38.0. The Kier molecular flexibility index (Phi) is 14.2. The second-order valence-corrected chi connectivity index (χ2v) is 11.1. The van der Waals surface area contributed by atoms with Gasteiger partial charge in [0.15, 0.2) is 0 Å². The minimum Gasteiger partial charge on any atom is -0.508 e. The first-order valence-corrected chi connectivity index (χ1v) is 13.9. The monoisotopic (exact) mass is 629 g/mol. The Morgan fingerprint density at radius 3 is 2.02 bits per heavy atom. The number of carboxylic acids is 2. The van der Waals surface area contributed by atoms with Crippen LogP contribution in [0.15, 0.2) is 18.2 Å². The topological polar surface area (TPSA) is 162 Å². The zero-order valence-electron chi connectivity index (χ0n) is 24.2. The molecule has 1 aromatic rings. The molecule has 15 heteroatoms. The van der Waals surface area contributed by atoms with Crippen molar-refractivity contribution in [3.63, 3.8) is 0 Å². The van der Waals surface area contributed by atoms with Crippen LogP contribution in [0.1, 0.15) is 69.9 Å². The molecule has 0 saturated heterocycles. The number of carbonyl (C=O) groups excluding carboxylic acids is 1. The Morgan fingerprint density at radius 2 is 1.49 bits per heavy atom. The number of aromatic hydroxyl groups is 1. The predicted molar refractivity (Wildman–Crippen MR) is 145 cm³/mol. The number of aryl methyl sites for hydroxylation is 1. The van der Waals surface area contributed by atoms with Crippen molar-refractivity contribution in [3.05, 3.63) is 29.3 Å². The van der Waals surface area contributed by atoms with Crippen LogP contribution < -0.4 is 16.4 Å². The molecule has 0 unspecified atom stereocenters. The van der Waals surface area contributed by atoms with Crippen LogP contribution in [-0.4, -0.2) is 71.7 Å². The third-order valence-electron chi connectivity index (χ3n) is 7.97. The predicted octanol–water partition coefficient (Wildman–Crippen LogP) is 4.50. The Labute approximate surface area is 246 Å². The number of halogens is 6. The summed E-state index contributed by atoms with van der Waals surface area (Å²) in [5.74, 6) is -4.66. The second kappa shape index (κ2) is 16.1. The Balaban J connectivity index is 0.000000548. The van der Waals surface area contributed by atoms with Gasteiger partial charge in [-0.25, -0.2) is 9.59 Å². The fourth-order valence-corrected chi connectivity index (χ4v) is 5.86. The molecule has 0 spiro atoms. The number of aliphatic carboxylic acids is 2. The zero-order chi connectivity index (χ0) is 33.1. The fourth-order valence-electron chi connectivity index (χ4n) is 5.86. The molecule has 7 N–H and O–H groups in total. The van der Waals surface area contributed by atoms with Gasteiger partial charge >= 0.3 is 24.3 Å². The van der Waals surface area contributed by atoms with E-state index in [4.69, 9.17) is 25.5 Å². The molecule has 3 atom stereocenters. The number of nitrogens with one attached hydrogen (secondary N) is 2. The van der Waals surface area contributed by atoms with Crippen LogP contribution in [0.4, 0.5) is 26.3 Å². The quantitative estimate of drug-likeness (QED) is 0.172. The van der Waals surface area contributed by atoms with Crippen LogP contribution in [0, 0.1) is 11.3 Å². The highest BCUT2D eigenvalue weighted by atomic mass is 19.4. The van der Waals surface area contributed by atoms with Crippen molar-refractivity contribution >= 4 is 17.8 Å². The summed E-state index contributed by atoms with van der Waals surface area (Å²) in [6.45, 7) is 7.87. The number of nitrogens with two attached hydrogens (primary N) is 1. The van der Waals surface area contributed by atoms with E-state index in [0.29, 0.717) is 11.7 Å². The van der Waals surface area contributed by atoms with Crippen LogP contribution in [-0.2, 0) is 26.2 Å². The lowest BCUT2D eigenvalue weighted by molar-refractivity contribution is -0.193. The molecule has 1 aromatic carbocycles. The SMILES string of the molecule is C[C@]1(C(=O)NCCCNCCCCN)CCC[C@]2(C)c3cc(O)ccc3CC[C@@H]12.O=C(O)C(F)(F)F.O=C(O)C(F)(F)F. The average molecular weight is 630 g/mol. The molecule has 2 aliphatic carbocycles. The summed E-state index contributed by atoms with van der Waals surface area (Å²) in [5, 5.41) is 31.0. The molecule has 9 nitrogen and oxygen atoms in total. The fraction of sp³-hybridized carbons (Fsp3) is 0.679. The van der Waals surface area contributed by atoms with E-state index in [1.54, 1.807) is 6.07 Å². The molecule has 0 aromatic heterocycles. The van der Waals surface area contributed by atoms with Gasteiger partial charge in [-0.15, -0.1) is 0 Å². The standard InChI is InChI=1S/C24H39N3O2.2C2HF3O2/c1-23-11-5-12-24(2,22(29)27-16-6-15-26-14-4-3-13-25)21(23)10-8-18-7-9-19(28)17-20(18)23;2*3-2(4,5)1(6)7/h7,9,17,21,26,28H,3-6,8,10-16,25H2,1-2H3,(H,27,29);2*(H,6,7)/t21-,23-,24+;;/m1../s1. The Morgan fingerprint density at radius 1 is 0.930 bits per heavy atom. The van der Waals surface area contributed by atoms with Gasteiger partial charge in [-0.05, 0) is 99.2 Å². The van der Waals surface area contributed by atoms with Gasteiger partial charge in [-0.3, -0.25) is 4.79 Å². The number of carbonyl (C=O) groups is 3. The largest absolute Gasteiger partial charge is 0.508 e. The number of hydrogen-bond donors (Lipinski definition) is 6. The van der Waals surface area contributed by atoms with Crippen molar-refractivity contribution in [2.45, 2.75) is 83.0 Å². The van der Waals surface area contributed by atoms with Crippen LogP contribution in [0.2, 0.25) is 0 Å². The average Bonchev–Trinajstić information content (AvgIpc) is 2.90. The van der Waals surface area contributed by atoms with Gasteiger partial charge in [0.2, 0.25) is 5.91 Å². The Bertz CT molecular complexity index is 1060. The van der Waals surface area contributed by atoms with Crippen LogP contribution >= 0.6 is 0 Å². The van der Waals surface area contributed by atoms with E-state index in [1.807, 2.05) is 6.07 Å². The van der Waals surface area contributed by atoms with Crippen LogP contribution in [0.25, 0.3) is 0 Å². The summed E-state index contributed by atoms with van der Waals surface area (Å²) in [6.07, 6.45) is -1.93. The van der Waals surface area contributed by atoms with Crippen LogP contribution in [0.5, 0.6) is 5.75 Å². The van der Waals surface area contributed by atoms with Crippen molar-refractivity contribution < 1.29 is 56.0 Å². The van der Waals surface area contributed by atoms with E-state index < -0.39 is 24.3 Å². The number of phenols is 1. The summed E-state index contributed by atoms with van der Waals surface area (Å²) < 4.78 is 63.5. The van der Waals surface area contributed by atoms with Gasteiger partial charge < -0.3 is 31.7 Å². The number of hydrogen-bond acceptors (Lipinski definition) is 6. The first-order valence-electron chi connectivity index (χ1n) is 13.9. The van der Waals surface area contributed by atoms with E-state index >= 15 is 0 Å². The molecule has 0 bridgehead atoms. The molecular weight excluding hydrogens is 588 g/mol. The molecule has 3 rings (SSSR count). The van der Waals surface area contributed by atoms with Gasteiger partial charge in [0, 0.05) is 6.54 Å². The number of rotatable bonds is 9. The van der Waals surface area contributed by atoms with E-state index in [1.165, 1.54) is 11.1 Å². The number of amides is 1. The lowest BCUT2D eigenvalue weighted by atomic mass is 9.49. The van der Waals surface area contributed by atoms with Crippen molar-refractivity contribution in [2.75, 3.05) is 26.2 Å². The van der Waals surface area contributed by atoms with Gasteiger partial charge in [0.05, 0.1) is 5.41 Å². The lowest BCUT2D eigenvalue weighted by Crippen LogP contribution is -2.55. The maximum Gasteiger partial charge on any atom is 0.490 e. The second-order valence-electron chi connectivity index (χ2n) is 11.1. The summed E-state index contributed by atoms with van der Waals surface area (Å²) in [6, 6.07) is 5.81. The van der Waals surface area contributed by atoms with E-state index in [-0.39, 0.29) is 16.7 Å². The summed E-state index contributed by atoms with van der Waals surface area (Å²) in [7, 11) is 0. The maximum absolute atomic E-state index is 13.3. The normalized spacial score (nSPS) is 22.9. The highest BCUT2D eigenvalue weighted by Crippen LogP contribution is 2.57. The van der Waals surface area contributed by atoms with Gasteiger partial charge in [-0.1, -0.05) is 26.3 Å². The highest BCUT2D eigenvalue weighted by Gasteiger charge is 2.54. The molecule has 1 saturated carbocycles. The van der Waals surface area contributed by atoms with E-state index in [9.17, 15) is 36.2 Å². The van der Waals surface area contributed by atoms with Crippen molar-refractivity contribution in [2.24, 2.45) is 17.1 Å². The third-order valence-corrected chi connectivity index (χ3v) is 7.97. The molecule has 43 heavy (non-hydrogen) atoms. The van der Waals surface area contributed by atoms with E-state index in [2.05, 4.69) is 30.5 Å². The summed E-state index contributed by atoms with van der Waals surface area (Å²) in [4.78, 5) is 31.1. The first-order chi connectivity index (χ1) is 19.8. The smallest absolute Gasteiger partial charge is 0.490 e. The lowest BCUT2D eigenvalue weighted by Gasteiger charge is -2.54. The van der Waals surface area contributed by atoms with Crippen LogP contribution in [0.3, 0.4) is 0 Å². The minimum absolute atomic E-state index is 0.0405. The molecule has 0 heterocycles. The summed E-state index contributed by atoms with van der Waals surface area (Å²) >= 11 is 0. The molecule has 0 radical (unpaired) electrons. The number of unbranched alkanes of at least 4 members (excludes halogenated alkanes) is 1. The molecule has 0 aliphatic heterocycles. The van der Waals surface area contributed by atoms with Gasteiger partial charge in [-0.2, -0.15) is 26.3 Å². The van der Waals surface area contributed by atoms with Crippen molar-refractivity contribution in [3.8, 4) is 5.75 Å². The molecule has 246 valence electrons. The number of alkyl halides is 6. The molecular formula is C28H41F6N3O6. The van der Waals surface area contributed by atoms with Crippen molar-refractivity contribution in [1.29, 1.82) is 0 Å². The number of carboxylic acid groups (broad SMARTS) is 2. The molecule has 2 aliphatic rings. The molecule has 1 amide bonds. The summed E-state index contributed by atoms with van der Waals surface area (Å²) in [5.41, 5.74) is 7.72. The minimum atomic E-state index is -5.08. The number of benzene rings is 1. The van der Waals surface area contributed by atoms with Gasteiger partial charge in [0.25, 0.3) is 0 Å². The van der Waals surface area contributed by atoms with Crippen molar-refractivity contribution in [1.82, 2.24) is 10.6 Å². The van der Waals surface area contributed by atoms with Gasteiger partial charge in [0.1, 0.15) is 5.75 Å². The zero-order valence-corrected chi connectivity index (χ0v) is 24.2. The number of fused-ring (bicyclic) bond motifs is 3. The highest BCUT2D eigenvalue weighted by molar-refractivity contribution is 5.83. The maximum atomic E-state index is 13.3. The molecule has 1 fully saturated rings. The third kappa shape index (κ3) is 11.2. The Hall–Kier alpha value is -3.07. The van der Waals surface area contributed by atoms with E-state index in [0.717, 1.165) is 77.5 Å².